The molecule has 0 bridgehead atoms. The number of tetrazole rings is 1. The molecule has 0 aliphatic heterocycles. The Bertz CT molecular complexity index is 947. The summed E-state index contributed by atoms with van der Waals surface area (Å²) in [7, 11) is 1.45. The fraction of sp³-hybridized carbons (Fsp3) is 0.188. The van der Waals surface area contributed by atoms with Crippen LogP contribution in [0.4, 0.5) is 13.2 Å². The lowest BCUT2D eigenvalue weighted by Crippen LogP contribution is -2.23. The summed E-state index contributed by atoms with van der Waals surface area (Å²) in [6, 6.07) is 11.6. The third-order valence-corrected chi connectivity index (χ3v) is 3.52. The Kier molecular flexibility index (Phi) is 4.30. The largest absolute Gasteiger partial charge is 0.488 e. The van der Waals surface area contributed by atoms with Crippen molar-refractivity contribution >= 4 is 0 Å². The van der Waals surface area contributed by atoms with Gasteiger partial charge in [0.05, 0.1) is 11.3 Å². The summed E-state index contributed by atoms with van der Waals surface area (Å²) < 4.78 is 46.6. The number of halogens is 3. The van der Waals surface area contributed by atoms with E-state index < -0.39 is 17.4 Å². The molecule has 0 radical (unpaired) electrons. The van der Waals surface area contributed by atoms with Gasteiger partial charge in [0, 0.05) is 12.6 Å². The van der Waals surface area contributed by atoms with Crippen LogP contribution in [-0.4, -0.2) is 19.8 Å². The van der Waals surface area contributed by atoms with Crippen molar-refractivity contribution in [3.05, 3.63) is 70.1 Å². The van der Waals surface area contributed by atoms with Gasteiger partial charge < -0.3 is 4.74 Å². The summed E-state index contributed by atoms with van der Waals surface area (Å²) in [5.74, 6) is -0.281. The van der Waals surface area contributed by atoms with Crippen molar-refractivity contribution in [3.8, 4) is 11.4 Å². The second-order valence-corrected chi connectivity index (χ2v) is 5.21. The Morgan fingerprint density at radius 1 is 1.04 bits per heavy atom. The van der Waals surface area contributed by atoms with Crippen molar-refractivity contribution in [1.29, 1.82) is 0 Å². The topological polar surface area (TPSA) is 61.9 Å². The molecule has 0 fully saturated rings. The number of nitrogens with zero attached hydrogens (tertiary/aromatic N) is 4. The van der Waals surface area contributed by atoms with E-state index in [2.05, 4.69) is 10.4 Å². The van der Waals surface area contributed by atoms with Crippen LogP contribution in [0, 0.1) is 0 Å². The average molecular weight is 350 g/mol. The van der Waals surface area contributed by atoms with Gasteiger partial charge >= 0.3 is 11.9 Å². The van der Waals surface area contributed by atoms with Gasteiger partial charge in [-0.25, -0.2) is 4.79 Å². The Balaban J connectivity index is 1.92. The normalized spacial score (nSPS) is 11.5. The first kappa shape index (κ1) is 16.7. The molecule has 6 nitrogen and oxygen atoms in total. The second kappa shape index (κ2) is 6.42. The summed E-state index contributed by atoms with van der Waals surface area (Å²) in [5, 5.41) is 7.37. The summed E-state index contributed by atoms with van der Waals surface area (Å²) in [6.45, 7) is -0.160. The SMILES string of the molecule is Cn1nnn(-c2ccccc2COc2ccccc2C(F)(F)F)c1=O. The van der Waals surface area contributed by atoms with E-state index in [9.17, 15) is 18.0 Å². The highest BCUT2D eigenvalue weighted by Gasteiger charge is 2.34. The maximum atomic E-state index is 13.0. The van der Waals surface area contributed by atoms with Gasteiger partial charge in [-0.2, -0.15) is 22.5 Å². The summed E-state index contributed by atoms with van der Waals surface area (Å²) in [4.78, 5) is 12.0. The number of alkyl halides is 3. The van der Waals surface area contributed by atoms with E-state index in [0.717, 1.165) is 15.4 Å². The molecular formula is C16H13F3N4O2. The molecule has 1 heterocycles. The standard InChI is InChI=1S/C16H13F3N4O2/c1-22-15(24)23(21-20-22)13-8-4-2-6-11(13)10-25-14-9-5-3-7-12(14)16(17,18)19/h2-9H,10H2,1H3. The van der Waals surface area contributed by atoms with E-state index in [1.54, 1.807) is 24.3 Å². The van der Waals surface area contributed by atoms with Crippen molar-refractivity contribution in [1.82, 2.24) is 19.8 Å². The number of aromatic nitrogens is 4. The molecule has 3 rings (SSSR count). The van der Waals surface area contributed by atoms with Crippen LogP contribution in [0.1, 0.15) is 11.1 Å². The van der Waals surface area contributed by atoms with E-state index in [0.29, 0.717) is 11.3 Å². The zero-order valence-corrected chi connectivity index (χ0v) is 13.1. The number of para-hydroxylation sites is 2. The maximum Gasteiger partial charge on any atom is 0.419 e. The molecule has 0 spiro atoms. The van der Waals surface area contributed by atoms with Crippen molar-refractivity contribution in [2.24, 2.45) is 7.05 Å². The molecule has 0 unspecified atom stereocenters. The van der Waals surface area contributed by atoms with Crippen LogP contribution in [0.25, 0.3) is 5.69 Å². The number of rotatable bonds is 4. The van der Waals surface area contributed by atoms with Crippen molar-refractivity contribution in [3.63, 3.8) is 0 Å². The first-order chi connectivity index (χ1) is 11.9. The number of benzene rings is 2. The Labute approximate surface area is 140 Å². The lowest BCUT2D eigenvalue weighted by atomic mass is 10.1. The highest BCUT2D eigenvalue weighted by molar-refractivity contribution is 5.40. The highest BCUT2D eigenvalue weighted by atomic mass is 19.4. The van der Waals surface area contributed by atoms with Gasteiger partial charge in [0.15, 0.2) is 0 Å². The third-order valence-electron chi connectivity index (χ3n) is 3.52. The van der Waals surface area contributed by atoms with E-state index in [1.165, 1.54) is 25.2 Å². The van der Waals surface area contributed by atoms with Gasteiger partial charge in [-0.15, -0.1) is 0 Å². The molecule has 0 aliphatic rings. The number of ether oxygens (including phenoxy) is 1. The van der Waals surface area contributed by atoms with Gasteiger partial charge in [-0.05, 0) is 28.6 Å². The zero-order valence-electron chi connectivity index (χ0n) is 13.1. The first-order valence-corrected chi connectivity index (χ1v) is 7.24. The minimum absolute atomic E-state index is 0.160. The van der Waals surface area contributed by atoms with E-state index in [4.69, 9.17) is 4.74 Å². The monoisotopic (exact) mass is 350 g/mol. The molecule has 0 saturated heterocycles. The Morgan fingerprint density at radius 2 is 1.72 bits per heavy atom. The Hall–Kier alpha value is -3.10. The number of hydrogen-bond donors (Lipinski definition) is 0. The summed E-state index contributed by atoms with van der Waals surface area (Å²) >= 11 is 0. The molecule has 2 aromatic carbocycles. The Morgan fingerprint density at radius 3 is 2.40 bits per heavy atom. The molecule has 0 N–H and O–H groups in total. The first-order valence-electron chi connectivity index (χ1n) is 7.24. The van der Waals surface area contributed by atoms with E-state index in [1.807, 2.05) is 0 Å². The highest BCUT2D eigenvalue weighted by Crippen LogP contribution is 2.36. The predicted molar refractivity (Wildman–Crippen MR) is 82.4 cm³/mol. The smallest absolute Gasteiger partial charge is 0.419 e. The molecule has 0 saturated carbocycles. The fourth-order valence-electron chi connectivity index (χ4n) is 2.29. The van der Waals surface area contributed by atoms with Crippen LogP contribution < -0.4 is 10.4 Å². The molecule has 0 aliphatic carbocycles. The minimum atomic E-state index is -4.52. The maximum absolute atomic E-state index is 13.0. The van der Waals surface area contributed by atoms with Crippen LogP contribution in [0.15, 0.2) is 53.3 Å². The van der Waals surface area contributed by atoms with Gasteiger partial charge in [-0.1, -0.05) is 30.3 Å². The quantitative estimate of drug-likeness (QED) is 0.726. The molecule has 1 aromatic heterocycles. The van der Waals surface area contributed by atoms with Gasteiger partial charge in [0.1, 0.15) is 12.4 Å². The molecule has 3 aromatic rings. The van der Waals surface area contributed by atoms with Crippen LogP contribution in [0.3, 0.4) is 0 Å². The molecule has 0 amide bonds. The van der Waals surface area contributed by atoms with Gasteiger partial charge in [0.2, 0.25) is 0 Å². The zero-order chi connectivity index (χ0) is 18.0. The van der Waals surface area contributed by atoms with Crippen LogP contribution >= 0.6 is 0 Å². The average Bonchev–Trinajstić information content (AvgIpc) is 2.92. The summed E-state index contributed by atoms with van der Waals surface area (Å²) in [5.41, 5.74) is -0.431. The fourth-order valence-corrected chi connectivity index (χ4v) is 2.29. The minimum Gasteiger partial charge on any atom is -0.488 e. The number of aryl methyl sites for hydroxylation is 1. The molecular weight excluding hydrogens is 337 g/mol. The number of hydrogen-bond acceptors (Lipinski definition) is 4. The van der Waals surface area contributed by atoms with E-state index >= 15 is 0 Å². The molecule has 130 valence electrons. The van der Waals surface area contributed by atoms with Crippen molar-refractivity contribution in [2.45, 2.75) is 12.8 Å². The van der Waals surface area contributed by atoms with Crippen molar-refractivity contribution < 1.29 is 17.9 Å². The second-order valence-electron chi connectivity index (χ2n) is 5.21. The predicted octanol–water partition coefficient (Wildman–Crippen LogP) is 2.56. The molecule has 9 heteroatoms. The van der Waals surface area contributed by atoms with Crippen LogP contribution in [0.5, 0.6) is 5.75 Å². The van der Waals surface area contributed by atoms with Crippen LogP contribution in [-0.2, 0) is 19.8 Å². The molecule has 25 heavy (non-hydrogen) atoms. The molecule has 0 atom stereocenters. The van der Waals surface area contributed by atoms with E-state index in [-0.39, 0.29) is 12.4 Å². The summed E-state index contributed by atoms with van der Waals surface area (Å²) in [6.07, 6.45) is -4.52. The lowest BCUT2D eigenvalue weighted by Gasteiger charge is -2.14. The van der Waals surface area contributed by atoms with Gasteiger partial charge in [0.25, 0.3) is 0 Å². The van der Waals surface area contributed by atoms with Crippen molar-refractivity contribution in [2.75, 3.05) is 0 Å². The lowest BCUT2D eigenvalue weighted by molar-refractivity contribution is -0.139. The van der Waals surface area contributed by atoms with Crippen LogP contribution in [0.2, 0.25) is 0 Å². The third kappa shape index (κ3) is 3.39. The van der Waals surface area contributed by atoms with Gasteiger partial charge in [-0.3, -0.25) is 0 Å².